The van der Waals surface area contributed by atoms with Crippen LogP contribution < -0.4 is 0 Å². The number of hydrogen-bond donors (Lipinski definition) is 0. The van der Waals surface area contributed by atoms with E-state index in [-0.39, 0.29) is 10.8 Å². The topological polar surface area (TPSA) is 38.1 Å². The number of hydrogen-bond acceptors (Lipinski definition) is 3. The Bertz CT molecular complexity index is 3690. The molecule has 0 aliphatic carbocycles. The maximum Gasteiger partial charge on any atom is 0.0969 e. The van der Waals surface area contributed by atoms with Crippen molar-refractivity contribution in [2.75, 3.05) is 0 Å². The molecule has 3 nitrogen and oxygen atoms in total. The average molecular weight is 982 g/mol. The summed E-state index contributed by atoms with van der Waals surface area (Å²) in [6.45, 7) is 17.8. The quantitative estimate of drug-likeness (QED) is 0.130. The molecule has 8 aromatic carbocycles. The van der Waals surface area contributed by atoms with Gasteiger partial charge in [-0.1, -0.05) is 224 Å². The van der Waals surface area contributed by atoms with Crippen molar-refractivity contribution in [3.05, 3.63) is 270 Å². The Kier molecular flexibility index (Phi) is 13.3. The average Bonchev–Trinajstić information content (AvgIpc) is 4.27. The predicted molar refractivity (Wildman–Crippen MR) is 322 cm³/mol. The largest absolute Gasteiger partial charge is 0.256 e. The number of pyridine rings is 2. The van der Waals surface area contributed by atoms with Gasteiger partial charge in [0.2, 0.25) is 0 Å². The van der Waals surface area contributed by atoms with E-state index in [0.29, 0.717) is 0 Å². The first-order chi connectivity index (χ1) is 36.8. The van der Waals surface area contributed by atoms with Crippen molar-refractivity contribution in [3.8, 4) is 89.3 Å². The molecule has 2 aromatic heterocycles. The maximum absolute atomic E-state index is 4.93. The van der Waals surface area contributed by atoms with Crippen molar-refractivity contribution in [3.63, 3.8) is 0 Å². The third-order valence-corrected chi connectivity index (χ3v) is 14.9. The Hall–Kier alpha value is -8.79. The van der Waals surface area contributed by atoms with E-state index in [9.17, 15) is 0 Å². The minimum absolute atomic E-state index is 0.0322. The van der Waals surface area contributed by atoms with Crippen LogP contribution in [0.4, 0.5) is 0 Å². The van der Waals surface area contributed by atoms with E-state index in [1.54, 1.807) is 0 Å². The molecular weight excluding hydrogens is 919 g/mol. The maximum atomic E-state index is 4.93. The third kappa shape index (κ3) is 10.2. The van der Waals surface area contributed by atoms with Crippen molar-refractivity contribution < 1.29 is 0 Å². The lowest BCUT2D eigenvalue weighted by molar-refractivity contribution is 0.589. The van der Waals surface area contributed by atoms with Crippen LogP contribution in [0.25, 0.3) is 94.8 Å². The minimum atomic E-state index is 0.0322. The standard InChI is InChI=1S/C73H63N3/c1-9-61(49-19-11-10-12-20-49)48(2)70-71(76-70)55-37-31-52(32-38-55)64-23-15-18-26-67(64)58-44-56(65-24-16-13-21-62(65)50-27-33-53(34-28-50)68-46-59(39-41-74-68)72(3,4)5)43-57(45-58)66-25-17-14-22-63(66)51-29-35-54(36-30-51)69-47-60(40-42-75-69)73(6,7)8/h9-47H,1-8H3/b61-9+,70-48+. The predicted octanol–water partition coefficient (Wildman–Crippen LogP) is 19.6. The van der Waals surface area contributed by atoms with Gasteiger partial charge in [0.25, 0.3) is 0 Å². The molecule has 1 aliphatic rings. The summed E-state index contributed by atoms with van der Waals surface area (Å²) in [4.78, 5) is 14.5. The van der Waals surface area contributed by atoms with Crippen molar-refractivity contribution in [1.29, 1.82) is 0 Å². The monoisotopic (exact) mass is 982 g/mol. The highest BCUT2D eigenvalue weighted by molar-refractivity contribution is 6.24. The van der Waals surface area contributed by atoms with Crippen molar-refractivity contribution in [2.24, 2.45) is 4.99 Å². The molecule has 0 unspecified atom stereocenters. The van der Waals surface area contributed by atoms with Crippen LogP contribution in [0.2, 0.25) is 0 Å². The Labute approximate surface area is 449 Å². The summed E-state index contributed by atoms with van der Waals surface area (Å²) in [5.74, 6) is 0. The second-order valence-corrected chi connectivity index (χ2v) is 22.0. The molecule has 0 N–H and O–H groups in total. The van der Waals surface area contributed by atoms with Gasteiger partial charge in [-0.2, -0.15) is 0 Å². The Balaban J connectivity index is 0.996. The fourth-order valence-corrected chi connectivity index (χ4v) is 10.5. The first-order valence-electron chi connectivity index (χ1n) is 26.5. The molecule has 370 valence electrons. The highest BCUT2D eigenvalue weighted by atomic mass is 14.9. The summed E-state index contributed by atoms with van der Waals surface area (Å²) in [5.41, 5.74) is 27.5. The van der Waals surface area contributed by atoms with Gasteiger partial charge < -0.3 is 0 Å². The molecule has 76 heavy (non-hydrogen) atoms. The highest BCUT2D eigenvalue weighted by Crippen LogP contribution is 2.43. The fraction of sp³-hybridized carbons (Fsp3) is 0.137. The van der Waals surface area contributed by atoms with Gasteiger partial charge in [0.15, 0.2) is 0 Å². The van der Waals surface area contributed by atoms with E-state index in [2.05, 4.69) is 280 Å². The number of allylic oxidation sites excluding steroid dienone is 4. The smallest absolute Gasteiger partial charge is 0.0969 e. The zero-order valence-electron chi connectivity index (χ0n) is 44.9. The Morgan fingerprint density at radius 3 is 1.04 bits per heavy atom. The highest BCUT2D eigenvalue weighted by Gasteiger charge is 2.26. The summed E-state index contributed by atoms with van der Waals surface area (Å²) >= 11 is 0. The summed E-state index contributed by atoms with van der Waals surface area (Å²) in [5, 5.41) is 0. The first-order valence-corrected chi connectivity index (χ1v) is 26.5. The Morgan fingerprint density at radius 1 is 0.355 bits per heavy atom. The molecule has 0 saturated heterocycles. The number of aromatic nitrogens is 2. The second-order valence-electron chi connectivity index (χ2n) is 22.0. The van der Waals surface area contributed by atoms with Crippen LogP contribution in [0.3, 0.4) is 0 Å². The molecule has 0 fully saturated rings. The molecule has 0 atom stereocenters. The lowest BCUT2D eigenvalue weighted by atomic mass is 9.85. The zero-order chi connectivity index (χ0) is 52.6. The lowest BCUT2D eigenvalue weighted by Crippen LogP contribution is -2.11. The molecule has 0 radical (unpaired) electrons. The molecule has 0 amide bonds. The normalized spacial score (nSPS) is 13.3. The van der Waals surface area contributed by atoms with Crippen molar-refractivity contribution in [2.45, 2.75) is 66.2 Å². The lowest BCUT2D eigenvalue weighted by Gasteiger charge is -2.19. The van der Waals surface area contributed by atoms with Crippen LogP contribution in [0.5, 0.6) is 0 Å². The molecule has 0 spiro atoms. The molecular formula is C73H63N3. The van der Waals surface area contributed by atoms with Crippen LogP contribution >= 0.6 is 0 Å². The van der Waals surface area contributed by atoms with Crippen LogP contribution in [-0.2, 0) is 10.8 Å². The van der Waals surface area contributed by atoms with E-state index in [4.69, 9.17) is 15.0 Å². The van der Waals surface area contributed by atoms with Crippen LogP contribution in [0.1, 0.15) is 77.6 Å². The van der Waals surface area contributed by atoms with Crippen LogP contribution in [0.15, 0.2) is 253 Å². The van der Waals surface area contributed by atoms with Gasteiger partial charge in [0.05, 0.1) is 22.8 Å². The van der Waals surface area contributed by atoms with E-state index in [1.807, 2.05) is 12.4 Å². The number of rotatable bonds is 11. The molecule has 0 bridgehead atoms. The number of aliphatic imine (C=N–C) groups is 1. The zero-order valence-corrected chi connectivity index (χ0v) is 44.9. The summed E-state index contributed by atoms with van der Waals surface area (Å²) < 4.78 is 0. The molecule has 10 aromatic rings. The molecule has 1 aliphatic heterocycles. The summed E-state index contributed by atoms with van der Waals surface area (Å²) in [7, 11) is 0. The second kappa shape index (κ2) is 20.5. The molecule has 3 heteroatoms. The van der Waals surface area contributed by atoms with Gasteiger partial charge in [-0.3, -0.25) is 9.97 Å². The van der Waals surface area contributed by atoms with E-state index >= 15 is 0 Å². The summed E-state index contributed by atoms with van der Waals surface area (Å²) in [6, 6.07) is 79.6. The molecule has 11 rings (SSSR count). The van der Waals surface area contributed by atoms with Gasteiger partial charge in [0.1, 0.15) is 0 Å². The third-order valence-electron chi connectivity index (χ3n) is 14.9. The van der Waals surface area contributed by atoms with E-state index in [0.717, 1.165) is 89.6 Å². The SMILES string of the molecule is C/C=C(\C(C)=C1N=C\1c1ccc(-c2ccccc2-c2cc(-c3ccccc3-c3ccc(-c4cc(C(C)(C)C)ccn4)cc3)cc(-c3ccccc3-c3ccc(-c4cc(C(C)(C)C)ccn4)cc3)c2)cc1)c1ccccc1. The van der Waals surface area contributed by atoms with E-state index in [1.165, 1.54) is 44.5 Å². The van der Waals surface area contributed by atoms with E-state index < -0.39 is 0 Å². The van der Waals surface area contributed by atoms with Crippen LogP contribution in [-0.4, -0.2) is 15.7 Å². The fourth-order valence-electron chi connectivity index (χ4n) is 10.5. The van der Waals surface area contributed by atoms with Gasteiger partial charge in [-0.15, -0.1) is 0 Å². The van der Waals surface area contributed by atoms with Crippen molar-refractivity contribution >= 4 is 11.3 Å². The summed E-state index contributed by atoms with van der Waals surface area (Å²) in [6.07, 6.45) is 6.05. The molecule has 0 saturated carbocycles. The van der Waals surface area contributed by atoms with Gasteiger partial charge >= 0.3 is 0 Å². The number of benzene rings is 8. The van der Waals surface area contributed by atoms with Gasteiger partial charge in [-0.05, 0) is 162 Å². The number of nitrogens with zero attached hydrogens (tertiary/aromatic N) is 3. The van der Waals surface area contributed by atoms with Crippen LogP contribution in [0, 0.1) is 0 Å². The first kappa shape index (κ1) is 49.4. The van der Waals surface area contributed by atoms with Crippen molar-refractivity contribution in [1.82, 2.24) is 9.97 Å². The van der Waals surface area contributed by atoms with Gasteiger partial charge in [-0.25, -0.2) is 4.99 Å². The van der Waals surface area contributed by atoms with Gasteiger partial charge in [0, 0.05) is 29.1 Å². The molecule has 3 heterocycles. The Morgan fingerprint density at radius 2 is 0.684 bits per heavy atom. The minimum Gasteiger partial charge on any atom is -0.256 e.